The highest BCUT2D eigenvalue weighted by atomic mass is 19.4. The second kappa shape index (κ2) is 22.7. The highest BCUT2D eigenvalue weighted by Gasteiger charge is 2.36. The number of aryl methyl sites for hydroxylation is 4. The molecule has 0 saturated carbocycles. The van der Waals surface area contributed by atoms with Crippen molar-refractivity contribution in [3.05, 3.63) is 153 Å². The summed E-state index contributed by atoms with van der Waals surface area (Å²) in [4.78, 5) is 41.6. The van der Waals surface area contributed by atoms with Crippen molar-refractivity contribution in [2.45, 2.75) is 101 Å². The van der Waals surface area contributed by atoms with Crippen LogP contribution >= 0.6 is 0 Å². The van der Waals surface area contributed by atoms with E-state index in [-0.39, 0.29) is 37.1 Å². The number of nitrogens with two attached hydrogens (primary N) is 2. The molecular weight excluding hydrogens is 903 g/mol. The summed E-state index contributed by atoms with van der Waals surface area (Å²) in [5, 5.41) is 12.2. The van der Waals surface area contributed by atoms with E-state index in [2.05, 4.69) is 47.4 Å². The molecule has 0 radical (unpaired) electrons. The molecule has 2 aliphatic rings. The topological polar surface area (TPSA) is 189 Å². The van der Waals surface area contributed by atoms with Crippen LogP contribution in [-0.2, 0) is 73.3 Å². The van der Waals surface area contributed by atoms with Crippen LogP contribution in [0.5, 0.6) is 0 Å². The Labute approximate surface area is 396 Å². The van der Waals surface area contributed by atoms with E-state index < -0.39 is 35.3 Å². The highest BCUT2D eigenvalue weighted by molar-refractivity contribution is 5.77. The maximum Gasteiger partial charge on any atom is 0.419 e. The predicted molar refractivity (Wildman–Crippen MR) is 245 cm³/mol. The fourth-order valence-electron chi connectivity index (χ4n) is 8.80. The van der Waals surface area contributed by atoms with Gasteiger partial charge in [-0.15, -0.1) is 0 Å². The Morgan fingerprint density at radius 1 is 0.609 bits per heavy atom. The van der Waals surface area contributed by atoms with Crippen molar-refractivity contribution in [3.63, 3.8) is 0 Å². The second-order valence-electron chi connectivity index (χ2n) is 17.6. The molecule has 6 heterocycles. The highest BCUT2D eigenvalue weighted by Crippen LogP contribution is 2.33. The number of hydrogen-bond acceptors (Lipinski definition) is 10. The van der Waals surface area contributed by atoms with Crippen LogP contribution < -0.4 is 16.8 Å². The first kappa shape index (κ1) is 50.3. The lowest BCUT2D eigenvalue weighted by Gasteiger charge is -2.28. The van der Waals surface area contributed by atoms with Crippen LogP contribution in [0.4, 0.5) is 26.3 Å². The Balaban J connectivity index is 0.000000204. The zero-order chi connectivity index (χ0) is 49.1. The predicted octanol–water partition coefficient (Wildman–Crippen LogP) is 6.38. The molecule has 2 fully saturated rings. The largest absolute Gasteiger partial charge is 0.419 e. The van der Waals surface area contributed by atoms with E-state index in [1.807, 2.05) is 21.8 Å². The van der Waals surface area contributed by atoms with Gasteiger partial charge in [-0.3, -0.25) is 19.0 Å². The number of aromatic nitrogens is 8. The molecule has 2 amide bonds. The number of carbonyl (C=O) groups is 2. The lowest BCUT2D eigenvalue weighted by Crippen LogP contribution is -2.31. The van der Waals surface area contributed by atoms with Gasteiger partial charge < -0.3 is 21.7 Å². The molecule has 20 heteroatoms. The fraction of sp³-hybridized carbons (Fsp3) is 0.429. The fourth-order valence-corrected chi connectivity index (χ4v) is 8.80. The molecule has 0 atom stereocenters. The summed E-state index contributed by atoms with van der Waals surface area (Å²) in [6, 6.07) is 14.9. The first-order valence-electron chi connectivity index (χ1n) is 23.0. The monoisotopic (exact) mass is 958 g/mol. The molecule has 366 valence electrons. The number of primary amides is 2. The Morgan fingerprint density at radius 2 is 1.01 bits per heavy atom. The van der Waals surface area contributed by atoms with Crippen molar-refractivity contribution in [3.8, 4) is 0 Å². The number of nitrogens with zero attached hydrogens (tertiary/aromatic N) is 9. The zero-order valence-electron chi connectivity index (χ0n) is 38.3. The molecule has 0 aliphatic carbocycles. The average molecular weight is 959 g/mol. The van der Waals surface area contributed by atoms with E-state index in [0.29, 0.717) is 60.5 Å². The van der Waals surface area contributed by atoms with E-state index in [1.165, 1.54) is 0 Å². The summed E-state index contributed by atoms with van der Waals surface area (Å²) in [5.74, 6) is -0.337. The van der Waals surface area contributed by atoms with Crippen molar-refractivity contribution < 1.29 is 35.9 Å². The van der Waals surface area contributed by atoms with Crippen molar-refractivity contribution >= 4 is 11.8 Å². The average Bonchev–Trinajstić information content (AvgIpc) is 3.98. The molecule has 0 bridgehead atoms. The molecule has 5 N–H and O–H groups in total. The number of benzene rings is 2. The van der Waals surface area contributed by atoms with E-state index in [0.717, 1.165) is 86.5 Å². The van der Waals surface area contributed by atoms with E-state index >= 15 is 0 Å². The number of rotatable bonds is 16. The number of carbonyl (C=O) groups excluding carboxylic acids is 2. The quantitative estimate of drug-likeness (QED) is 0.0919. The van der Waals surface area contributed by atoms with Crippen LogP contribution in [0, 0.1) is 0 Å². The minimum absolute atomic E-state index is 0.0401. The van der Waals surface area contributed by atoms with Gasteiger partial charge in [0.2, 0.25) is 11.8 Å². The van der Waals surface area contributed by atoms with E-state index in [4.69, 9.17) is 11.5 Å². The van der Waals surface area contributed by atoms with E-state index in [9.17, 15) is 35.9 Å². The van der Waals surface area contributed by atoms with Crippen LogP contribution in [0.15, 0.2) is 85.7 Å². The minimum Gasteiger partial charge on any atom is -0.369 e. The van der Waals surface area contributed by atoms with Gasteiger partial charge in [-0.1, -0.05) is 48.5 Å². The number of amides is 2. The summed E-state index contributed by atoms with van der Waals surface area (Å²) in [6.45, 7) is 3.89. The van der Waals surface area contributed by atoms with Gasteiger partial charge in [-0.2, -0.15) is 36.5 Å². The second-order valence-corrected chi connectivity index (χ2v) is 17.6. The number of halogens is 6. The Hall–Kier alpha value is -6.54. The first-order valence-corrected chi connectivity index (χ1v) is 23.0. The lowest BCUT2D eigenvalue weighted by molar-refractivity contribution is -0.139. The Morgan fingerprint density at radius 3 is 1.42 bits per heavy atom. The van der Waals surface area contributed by atoms with Gasteiger partial charge in [0.25, 0.3) is 0 Å². The summed E-state index contributed by atoms with van der Waals surface area (Å²) in [6.07, 6.45) is 5.36. The number of hydrogen-bond donors (Lipinski definition) is 3. The molecule has 69 heavy (non-hydrogen) atoms. The number of nitrogens with one attached hydrogen (secondary N) is 1. The molecule has 2 aliphatic heterocycles. The lowest BCUT2D eigenvalue weighted by atomic mass is 9.98. The van der Waals surface area contributed by atoms with Gasteiger partial charge in [-0.25, -0.2) is 19.9 Å². The third kappa shape index (κ3) is 14.3. The van der Waals surface area contributed by atoms with Crippen LogP contribution in [0.25, 0.3) is 0 Å². The van der Waals surface area contributed by atoms with Crippen molar-refractivity contribution in [1.29, 1.82) is 0 Å². The third-order valence-electron chi connectivity index (χ3n) is 12.5. The molecular formula is C49H56F6N12O2. The molecule has 2 aromatic carbocycles. The first-order chi connectivity index (χ1) is 33.0. The summed E-state index contributed by atoms with van der Waals surface area (Å²) in [7, 11) is 2.10. The summed E-state index contributed by atoms with van der Waals surface area (Å²) >= 11 is 0. The van der Waals surface area contributed by atoms with Gasteiger partial charge in [0, 0.05) is 37.6 Å². The minimum atomic E-state index is -4.56. The van der Waals surface area contributed by atoms with Gasteiger partial charge in [-0.05, 0) is 118 Å². The van der Waals surface area contributed by atoms with Crippen molar-refractivity contribution in [1.82, 2.24) is 49.7 Å². The van der Waals surface area contributed by atoms with Crippen molar-refractivity contribution in [2.24, 2.45) is 11.5 Å². The number of piperidine rings is 2. The van der Waals surface area contributed by atoms with Crippen LogP contribution in [0.3, 0.4) is 0 Å². The SMILES string of the molecule is CN1CCC(n2cc(Cc3ncc(C(F)(F)F)c(CCc4ccccc4CC(N)=O)n3)cn2)CC1.NC(=O)Cc1ccccc1CCc1nc(Cc2cnn(C3CCNCC3)c2)ncc1C(F)(F)F. The Kier molecular flexibility index (Phi) is 16.6. The maximum atomic E-state index is 13.7. The number of likely N-dealkylation sites (tertiary alicyclic amines) is 1. The smallest absolute Gasteiger partial charge is 0.369 e. The molecule has 0 spiro atoms. The van der Waals surface area contributed by atoms with Gasteiger partial charge in [0.15, 0.2) is 0 Å². The van der Waals surface area contributed by atoms with Gasteiger partial charge >= 0.3 is 12.4 Å². The van der Waals surface area contributed by atoms with Gasteiger partial charge in [0.1, 0.15) is 11.6 Å². The molecule has 2 saturated heterocycles. The van der Waals surface area contributed by atoms with Crippen LogP contribution in [0.2, 0.25) is 0 Å². The van der Waals surface area contributed by atoms with E-state index in [1.54, 1.807) is 60.9 Å². The molecule has 8 rings (SSSR count). The van der Waals surface area contributed by atoms with Crippen LogP contribution in [-0.4, -0.2) is 89.4 Å². The van der Waals surface area contributed by atoms with Gasteiger partial charge in [0.05, 0.1) is 59.8 Å². The Bertz CT molecular complexity index is 2670. The normalized spacial score (nSPS) is 15.2. The number of alkyl halides is 6. The molecule has 4 aromatic heterocycles. The van der Waals surface area contributed by atoms with Crippen LogP contribution in [0.1, 0.15) is 105 Å². The summed E-state index contributed by atoms with van der Waals surface area (Å²) < 4.78 is 85.8. The molecule has 6 aromatic rings. The third-order valence-corrected chi connectivity index (χ3v) is 12.5. The molecule has 14 nitrogen and oxygen atoms in total. The standard InChI is InChI=1S/C25H29F3N6O.C24H27F3N6O/c1-33-10-8-20(9-11-33)34-16-17(14-31-34)12-24-30-15-21(25(26,27)28)22(32-24)7-6-18-4-2-3-5-19(18)13-23(29)35;25-24(26,27)20-14-30-23(11-16-13-31-33(15-16)19-7-9-29-10-8-19)32-21(20)6-5-17-3-1-2-4-18(17)12-22(28)34/h2-5,14-16,20H,6-13H2,1H3,(H2,29,35);1-4,13-15,19,29H,5-12H2,(H2,28,34). The molecule has 0 unspecified atom stereocenters. The zero-order valence-corrected chi connectivity index (χ0v) is 38.3. The van der Waals surface area contributed by atoms with Crippen molar-refractivity contribution in [2.75, 3.05) is 33.2 Å². The summed E-state index contributed by atoms with van der Waals surface area (Å²) in [5.41, 5.74) is 13.5. The maximum absolute atomic E-state index is 13.7.